The summed E-state index contributed by atoms with van der Waals surface area (Å²) in [7, 11) is 0. The average Bonchev–Trinajstić information content (AvgIpc) is 2.20. The van der Waals surface area contributed by atoms with Crippen molar-refractivity contribution in [1.82, 2.24) is 0 Å². The first-order valence-corrected chi connectivity index (χ1v) is 5.12. The van der Waals surface area contributed by atoms with Crippen LogP contribution in [-0.2, 0) is 4.84 Å². The number of rotatable bonds is 5. The summed E-state index contributed by atoms with van der Waals surface area (Å²) in [6.45, 7) is 2.78. The molecule has 0 amide bonds. The zero-order valence-electron chi connectivity index (χ0n) is 8.24. The summed E-state index contributed by atoms with van der Waals surface area (Å²) in [5, 5.41) is 4.52. The summed E-state index contributed by atoms with van der Waals surface area (Å²) in [6, 6.07) is 7.53. The van der Waals surface area contributed by atoms with Crippen LogP contribution in [0.15, 0.2) is 29.4 Å². The van der Waals surface area contributed by atoms with Crippen molar-refractivity contribution in [2.75, 3.05) is 6.61 Å². The Hall–Kier alpha value is -1.02. The normalized spacial score (nSPS) is 10.7. The molecule has 0 aliphatic carbocycles. The van der Waals surface area contributed by atoms with E-state index in [4.69, 9.17) is 16.4 Å². The smallest absolute Gasteiger partial charge is 0.117 e. The zero-order valence-corrected chi connectivity index (χ0v) is 9.00. The second-order valence-corrected chi connectivity index (χ2v) is 3.35. The van der Waals surface area contributed by atoms with Crippen LogP contribution in [0.4, 0.5) is 0 Å². The van der Waals surface area contributed by atoms with E-state index in [1.54, 1.807) is 6.21 Å². The maximum absolute atomic E-state index is 5.92. The highest BCUT2D eigenvalue weighted by Crippen LogP contribution is 2.12. The number of hydrogen-bond acceptors (Lipinski definition) is 2. The van der Waals surface area contributed by atoms with Crippen LogP contribution < -0.4 is 0 Å². The van der Waals surface area contributed by atoms with E-state index < -0.39 is 0 Å². The van der Waals surface area contributed by atoms with Crippen LogP contribution in [0.1, 0.15) is 25.3 Å². The molecule has 0 aliphatic heterocycles. The topological polar surface area (TPSA) is 21.6 Å². The first-order valence-electron chi connectivity index (χ1n) is 4.74. The summed E-state index contributed by atoms with van der Waals surface area (Å²) < 4.78 is 0. The maximum atomic E-state index is 5.92. The molecule has 1 rings (SSSR count). The second-order valence-electron chi connectivity index (χ2n) is 2.94. The minimum absolute atomic E-state index is 0.664. The molecule has 0 fully saturated rings. The van der Waals surface area contributed by atoms with Gasteiger partial charge in [0.1, 0.15) is 6.61 Å². The lowest BCUT2D eigenvalue weighted by atomic mass is 10.2. The Morgan fingerprint density at radius 1 is 1.43 bits per heavy atom. The highest BCUT2D eigenvalue weighted by atomic mass is 35.5. The van der Waals surface area contributed by atoms with Crippen molar-refractivity contribution in [3.8, 4) is 0 Å². The van der Waals surface area contributed by atoms with Gasteiger partial charge in [0.05, 0.1) is 6.21 Å². The molecule has 0 unspecified atom stereocenters. The van der Waals surface area contributed by atoms with E-state index in [0.29, 0.717) is 11.6 Å². The molecule has 3 heteroatoms. The molecule has 0 aromatic heterocycles. The molecule has 0 saturated heterocycles. The Kier molecular flexibility index (Phi) is 5.08. The van der Waals surface area contributed by atoms with Gasteiger partial charge in [-0.05, 0) is 12.5 Å². The van der Waals surface area contributed by atoms with Crippen LogP contribution in [0.5, 0.6) is 0 Å². The Morgan fingerprint density at radius 2 is 2.21 bits per heavy atom. The molecule has 0 aliphatic rings. The van der Waals surface area contributed by atoms with E-state index >= 15 is 0 Å². The second kappa shape index (κ2) is 6.44. The first kappa shape index (κ1) is 11.1. The number of oxime groups is 1. The highest BCUT2D eigenvalue weighted by molar-refractivity contribution is 6.33. The number of hydrogen-bond donors (Lipinski definition) is 0. The lowest BCUT2D eigenvalue weighted by Gasteiger charge is -1.97. The van der Waals surface area contributed by atoms with Crippen LogP contribution in [0.3, 0.4) is 0 Å². The van der Waals surface area contributed by atoms with E-state index in [1.807, 2.05) is 24.3 Å². The van der Waals surface area contributed by atoms with Gasteiger partial charge in [0.15, 0.2) is 0 Å². The lowest BCUT2D eigenvalue weighted by molar-refractivity contribution is 0.143. The van der Waals surface area contributed by atoms with E-state index in [2.05, 4.69) is 12.1 Å². The molecule has 14 heavy (non-hydrogen) atoms. The largest absolute Gasteiger partial charge is 0.396 e. The standard InChI is InChI=1S/C11H14ClNO/c1-2-3-8-14-13-9-10-6-4-5-7-11(10)12/h4-7,9H,2-3,8H2,1H3. The molecule has 0 radical (unpaired) electrons. The zero-order chi connectivity index (χ0) is 10.2. The van der Waals surface area contributed by atoms with Gasteiger partial charge < -0.3 is 4.84 Å². The molecular formula is C11H14ClNO. The van der Waals surface area contributed by atoms with E-state index in [9.17, 15) is 0 Å². The van der Waals surface area contributed by atoms with Gasteiger partial charge in [-0.15, -0.1) is 0 Å². The fraction of sp³-hybridized carbons (Fsp3) is 0.364. The molecule has 2 nitrogen and oxygen atoms in total. The fourth-order valence-corrected chi connectivity index (χ4v) is 1.12. The van der Waals surface area contributed by atoms with Gasteiger partial charge in [-0.25, -0.2) is 0 Å². The minimum atomic E-state index is 0.664. The molecular weight excluding hydrogens is 198 g/mol. The Balaban J connectivity index is 2.40. The highest BCUT2D eigenvalue weighted by Gasteiger charge is 1.93. The third-order valence-electron chi connectivity index (χ3n) is 1.76. The Labute approximate surface area is 89.5 Å². The number of unbranched alkanes of at least 4 members (excludes halogenated alkanes) is 1. The quantitative estimate of drug-likeness (QED) is 0.415. The lowest BCUT2D eigenvalue weighted by Crippen LogP contribution is -1.88. The number of halogens is 1. The van der Waals surface area contributed by atoms with Crippen LogP contribution in [0.25, 0.3) is 0 Å². The predicted molar refractivity (Wildman–Crippen MR) is 59.9 cm³/mol. The van der Waals surface area contributed by atoms with Gasteiger partial charge in [0, 0.05) is 10.6 Å². The van der Waals surface area contributed by atoms with Gasteiger partial charge >= 0.3 is 0 Å². The van der Waals surface area contributed by atoms with Crippen molar-refractivity contribution in [1.29, 1.82) is 0 Å². The summed E-state index contributed by atoms with van der Waals surface area (Å²) in [4.78, 5) is 5.04. The molecule has 76 valence electrons. The first-order chi connectivity index (χ1) is 6.84. The van der Waals surface area contributed by atoms with Gasteiger partial charge in [0.2, 0.25) is 0 Å². The van der Waals surface area contributed by atoms with Gasteiger partial charge in [-0.2, -0.15) is 0 Å². The third-order valence-corrected chi connectivity index (χ3v) is 2.10. The van der Waals surface area contributed by atoms with E-state index in [-0.39, 0.29) is 0 Å². The van der Waals surface area contributed by atoms with Crippen molar-refractivity contribution in [2.24, 2.45) is 5.16 Å². The molecule has 0 bridgehead atoms. The Morgan fingerprint density at radius 3 is 2.93 bits per heavy atom. The summed E-state index contributed by atoms with van der Waals surface area (Å²) in [6.07, 6.45) is 3.78. The van der Waals surface area contributed by atoms with Crippen LogP contribution in [0.2, 0.25) is 5.02 Å². The van der Waals surface area contributed by atoms with Crippen molar-refractivity contribution < 1.29 is 4.84 Å². The monoisotopic (exact) mass is 211 g/mol. The van der Waals surface area contributed by atoms with E-state index in [0.717, 1.165) is 18.4 Å². The van der Waals surface area contributed by atoms with Crippen molar-refractivity contribution in [2.45, 2.75) is 19.8 Å². The predicted octanol–water partition coefficient (Wildman–Crippen LogP) is 3.49. The SMILES string of the molecule is CCCCON=Cc1ccccc1Cl. The summed E-state index contributed by atoms with van der Waals surface area (Å²) >= 11 is 5.92. The van der Waals surface area contributed by atoms with Gasteiger partial charge in [-0.3, -0.25) is 0 Å². The van der Waals surface area contributed by atoms with Gasteiger partial charge in [0.25, 0.3) is 0 Å². The molecule has 1 aromatic carbocycles. The van der Waals surface area contributed by atoms with Crippen molar-refractivity contribution in [3.63, 3.8) is 0 Å². The molecule has 0 spiro atoms. The van der Waals surface area contributed by atoms with Crippen molar-refractivity contribution >= 4 is 17.8 Å². The summed E-state index contributed by atoms with van der Waals surface area (Å²) in [5.74, 6) is 0. The number of nitrogens with zero attached hydrogens (tertiary/aromatic N) is 1. The van der Waals surface area contributed by atoms with Gasteiger partial charge in [-0.1, -0.05) is 48.3 Å². The molecule has 1 aromatic rings. The van der Waals surface area contributed by atoms with E-state index in [1.165, 1.54) is 0 Å². The minimum Gasteiger partial charge on any atom is -0.396 e. The molecule has 0 saturated carbocycles. The molecule has 0 N–H and O–H groups in total. The number of benzene rings is 1. The third kappa shape index (κ3) is 3.79. The van der Waals surface area contributed by atoms with Crippen molar-refractivity contribution in [3.05, 3.63) is 34.9 Å². The van der Waals surface area contributed by atoms with Crippen LogP contribution >= 0.6 is 11.6 Å². The molecule has 0 atom stereocenters. The van der Waals surface area contributed by atoms with Crippen LogP contribution in [0, 0.1) is 0 Å². The Bertz CT molecular complexity index is 299. The maximum Gasteiger partial charge on any atom is 0.117 e. The average molecular weight is 212 g/mol. The van der Waals surface area contributed by atoms with Crippen LogP contribution in [-0.4, -0.2) is 12.8 Å². The molecule has 0 heterocycles. The summed E-state index contributed by atoms with van der Waals surface area (Å²) in [5.41, 5.74) is 0.880. The fourth-order valence-electron chi connectivity index (χ4n) is 0.935.